The molecule has 20 heavy (non-hydrogen) atoms. The van der Waals surface area contributed by atoms with E-state index >= 15 is 0 Å². The lowest BCUT2D eigenvalue weighted by Crippen LogP contribution is -2.13. The van der Waals surface area contributed by atoms with Crippen LogP contribution in [0.2, 0.25) is 0 Å². The molecule has 0 aliphatic rings. The Hall–Kier alpha value is -2.43. The first-order valence-corrected chi connectivity index (χ1v) is 6.09. The zero-order valence-corrected chi connectivity index (χ0v) is 10.9. The number of hydrogen-bond acceptors (Lipinski definition) is 2. The van der Waals surface area contributed by atoms with Crippen molar-refractivity contribution in [1.29, 1.82) is 0 Å². The summed E-state index contributed by atoms with van der Waals surface area (Å²) >= 11 is 0. The third kappa shape index (κ3) is 2.93. The van der Waals surface area contributed by atoms with Gasteiger partial charge in [-0.25, -0.2) is 8.78 Å². The minimum Gasteiger partial charge on any atom is -0.378 e. The molecular weight excluding hydrogens is 262 g/mol. The maximum absolute atomic E-state index is 13.7. The van der Waals surface area contributed by atoms with E-state index in [1.807, 2.05) is 0 Å². The lowest BCUT2D eigenvalue weighted by atomic mass is 10.1. The Labute approximate surface area is 115 Å². The SMILES string of the molecule is CC(Nc1cccc(C(N)=O)c1)c1cccc(F)c1F. The summed E-state index contributed by atoms with van der Waals surface area (Å²) in [5.74, 6) is -2.31. The fraction of sp³-hybridized carbons (Fsp3) is 0.133. The van der Waals surface area contributed by atoms with Crippen molar-refractivity contribution in [2.75, 3.05) is 5.32 Å². The highest BCUT2D eigenvalue weighted by Gasteiger charge is 2.14. The largest absolute Gasteiger partial charge is 0.378 e. The molecule has 1 atom stereocenters. The fourth-order valence-electron chi connectivity index (χ4n) is 1.94. The molecule has 2 aromatic rings. The standard InChI is InChI=1S/C15H14F2N2O/c1-9(12-6-3-7-13(16)14(12)17)19-11-5-2-4-10(8-11)15(18)20/h2-9,19H,1H3,(H2,18,20). The summed E-state index contributed by atoms with van der Waals surface area (Å²) in [6.07, 6.45) is 0. The maximum atomic E-state index is 13.7. The van der Waals surface area contributed by atoms with Gasteiger partial charge in [0.1, 0.15) is 0 Å². The molecule has 0 aliphatic carbocycles. The molecule has 0 spiro atoms. The van der Waals surface area contributed by atoms with Crippen LogP contribution in [-0.4, -0.2) is 5.91 Å². The molecule has 0 saturated carbocycles. The molecule has 0 bridgehead atoms. The summed E-state index contributed by atoms with van der Waals surface area (Å²) < 4.78 is 26.9. The van der Waals surface area contributed by atoms with Crippen LogP contribution in [0.25, 0.3) is 0 Å². The molecule has 5 heteroatoms. The van der Waals surface area contributed by atoms with Crippen LogP contribution in [0.1, 0.15) is 28.9 Å². The van der Waals surface area contributed by atoms with E-state index in [0.717, 1.165) is 6.07 Å². The second-order valence-corrected chi connectivity index (χ2v) is 4.45. The number of nitrogens with one attached hydrogen (secondary N) is 1. The molecule has 0 radical (unpaired) electrons. The van der Waals surface area contributed by atoms with Crippen LogP contribution in [0.15, 0.2) is 42.5 Å². The first-order chi connectivity index (χ1) is 9.49. The van der Waals surface area contributed by atoms with E-state index in [0.29, 0.717) is 11.3 Å². The van der Waals surface area contributed by atoms with E-state index in [9.17, 15) is 13.6 Å². The Morgan fingerprint density at radius 1 is 1.20 bits per heavy atom. The topological polar surface area (TPSA) is 55.1 Å². The zero-order chi connectivity index (χ0) is 14.7. The van der Waals surface area contributed by atoms with Crippen molar-refractivity contribution in [1.82, 2.24) is 0 Å². The molecule has 2 rings (SSSR count). The van der Waals surface area contributed by atoms with Crippen molar-refractivity contribution in [3.8, 4) is 0 Å². The molecule has 104 valence electrons. The normalized spacial score (nSPS) is 11.9. The van der Waals surface area contributed by atoms with Gasteiger partial charge >= 0.3 is 0 Å². The zero-order valence-electron chi connectivity index (χ0n) is 10.9. The summed E-state index contributed by atoms with van der Waals surface area (Å²) in [6.45, 7) is 1.70. The minimum atomic E-state index is -0.887. The lowest BCUT2D eigenvalue weighted by Gasteiger charge is -2.17. The van der Waals surface area contributed by atoms with Gasteiger partial charge in [-0.3, -0.25) is 4.79 Å². The molecule has 0 aliphatic heterocycles. The van der Waals surface area contributed by atoms with E-state index in [4.69, 9.17) is 5.73 Å². The number of rotatable bonds is 4. The quantitative estimate of drug-likeness (QED) is 0.900. The van der Waals surface area contributed by atoms with Crippen LogP contribution in [0, 0.1) is 11.6 Å². The van der Waals surface area contributed by atoms with E-state index in [2.05, 4.69) is 5.32 Å². The highest BCUT2D eigenvalue weighted by molar-refractivity contribution is 5.93. The Bertz CT molecular complexity index is 644. The Balaban J connectivity index is 2.23. The van der Waals surface area contributed by atoms with Crippen LogP contribution in [-0.2, 0) is 0 Å². The minimum absolute atomic E-state index is 0.217. The van der Waals surface area contributed by atoms with Crippen LogP contribution < -0.4 is 11.1 Å². The summed E-state index contributed by atoms with van der Waals surface area (Å²) in [6, 6.07) is 10.1. The first kappa shape index (κ1) is 14.0. The molecule has 0 fully saturated rings. The molecule has 1 amide bonds. The van der Waals surface area contributed by atoms with Crippen molar-refractivity contribution in [2.45, 2.75) is 13.0 Å². The number of amides is 1. The highest BCUT2D eigenvalue weighted by Crippen LogP contribution is 2.23. The third-order valence-corrected chi connectivity index (χ3v) is 2.98. The van der Waals surface area contributed by atoms with Crippen LogP contribution in [0.4, 0.5) is 14.5 Å². The Kier molecular flexibility index (Phi) is 3.98. The molecule has 0 heterocycles. The highest BCUT2D eigenvalue weighted by atomic mass is 19.2. The van der Waals surface area contributed by atoms with Crippen molar-refractivity contribution >= 4 is 11.6 Å². The molecule has 1 unspecified atom stereocenters. The number of hydrogen-bond donors (Lipinski definition) is 2. The maximum Gasteiger partial charge on any atom is 0.248 e. The molecule has 3 nitrogen and oxygen atoms in total. The lowest BCUT2D eigenvalue weighted by molar-refractivity contribution is 0.100. The first-order valence-electron chi connectivity index (χ1n) is 6.09. The van der Waals surface area contributed by atoms with Crippen molar-refractivity contribution in [3.05, 3.63) is 65.2 Å². The van der Waals surface area contributed by atoms with Crippen LogP contribution in [0.3, 0.4) is 0 Å². The summed E-state index contributed by atoms with van der Waals surface area (Å²) in [5, 5.41) is 3.01. The number of carbonyl (C=O) groups excluding carboxylic acids is 1. The predicted octanol–water partition coefficient (Wildman–Crippen LogP) is 3.24. The molecule has 2 aromatic carbocycles. The molecular formula is C15H14F2N2O. The van der Waals surface area contributed by atoms with Gasteiger partial charge in [-0.15, -0.1) is 0 Å². The average molecular weight is 276 g/mol. The monoisotopic (exact) mass is 276 g/mol. The van der Waals surface area contributed by atoms with Gasteiger partial charge in [0.05, 0.1) is 6.04 Å². The van der Waals surface area contributed by atoms with Crippen LogP contribution >= 0.6 is 0 Å². The van der Waals surface area contributed by atoms with E-state index in [1.54, 1.807) is 31.2 Å². The predicted molar refractivity (Wildman–Crippen MR) is 73.4 cm³/mol. The molecule has 0 aromatic heterocycles. The summed E-state index contributed by atoms with van der Waals surface area (Å²) in [7, 11) is 0. The Morgan fingerprint density at radius 2 is 1.90 bits per heavy atom. The van der Waals surface area contributed by atoms with Crippen molar-refractivity contribution < 1.29 is 13.6 Å². The van der Waals surface area contributed by atoms with E-state index < -0.39 is 23.6 Å². The number of benzene rings is 2. The van der Waals surface area contributed by atoms with E-state index in [1.165, 1.54) is 12.1 Å². The Morgan fingerprint density at radius 3 is 2.60 bits per heavy atom. The second-order valence-electron chi connectivity index (χ2n) is 4.45. The van der Waals surface area contributed by atoms with Crippen molar-refractivity contribution in [3.63, 3.8) is 0 Å². The summed E-state index contributed by atoms with van der Waals surface area (Å²) in [4.78, 5) is 11.1. The average Bonchev–Trinajstić information content (AvgIpc) is 2.42. The summed E-state index contributed by atoms with van der Waals surface area (Å²) in [5.41, 5.74) is 6.37. The number of primary amides is 1. The van der Waals surface area contributed by atoms with Crippen LogP contribution in [0.5, 0.6) is 0 Å². The number of halogens is 2. The van der Waals surface area contributed by atoms with Crippen molar-refractivity contribution in [2.24, 2.45) is 5.73 Å². The van der Waals surface area contributed by atoms with Gasteiger partial charge in [-0.1, -0.05) is 18.2 Å². The van der Waals surface area contributed by atoms with Gasteiger partial charge < -0.3 is 11.1 Å². The third-order valence-electron chi connectivity index (χ3n) is 2.98. The number of anilines is 1. The van der Waals surface area contributed by atoms with Gasteiger partial charge in [0.25, 0.3) is 0 Å². The van der Waals surface area contributed by atoms with Gasteiger partial charge in [0.2, 0.25) is 5.91 Å². The van der Waals surface area contributed by atoms with E-state index in [-0.39, 0.29) is 5.56 Å². The second kappa shape index (κ2) is 5.69. The number of nitrogens with two attached hydrogens (primary N) is 1. The fourth-order valence-corrected chi connectivity index (χ4v) is 1.94. The van der Waals surface area contributed by atoms with Gasteiger partial charge in [0, 0.05) is 16.8 Å². The number of carbonyl (C=O) groups is 1. The molecule has 3 N–H and O–H groups in total. The van der Waals surface area contributed by atoms with Gasteiger partial charge in [-0.05, 0) is 31.2 Å². The van der Waals surface area contributed by atoms with Gasteiger partial charge in [-0.2, -0.15) is 0 Å². The molecule has 0 saturated heterocycles. The smallest absolute Gasteiger partial charge is 0.248 e. The van der Waals surface area contributed by atoms with Gasteiger partial charge in [0.15, 0.2) is 11.6 Å².